The molecule has 0 atom stereocenters. The third-order valence-corrected chi connectivity index (χ3v) is 8.00. The molecule has 0 unspecified atom stereocenters. The topological polar surface area (TPSA) is 50.3 Å². The summed E-state index contributed by atoms with van der Waals surface area (Å²) in [5.41, 5.74) is 12.3. The summed E-state index contributed by atoms with van der Waals surface area (Å²) in [5.74, 6) is 0. The maximum absolute atomic E-state index is 5.02. The molecule has 0 fully saturated rings. The zero-order valence-electron chi connectivity index (χ0n) is 25.6. The Morgan fingerprint density at radius 1 is 0.457 bits per heavy atom. The molecule has 0 N–H and O–H groups in total. The van der Waals surface area contributed by atoms with Gasteiger partial charge in [-0.15, -0.1) is 0 Å². The summed E-state index contributed by atoms with van der Waals surface area (Å²) >= 11 is 0. The van der Waals surface area contributed by atoms with Crippen molar-refractivity contribution in [2.75, 3.05) is 0 Å². The van der Waals surface area contributed by atoms with Crippen molar-refractivity contribution in [1.82, 2.24) is 15.0 Å². The summed E-state index contributed by atoms with van der Waals surface area (Å²) in [5, 5.41) is 0. The standard InChI is InChI=1S/C40H32N6/c1-28-21-29(31-24-35(33-13-5-9-17-41-33)43-36(25-31)37-15-7-11-19-44(37)2)23-30(22-28)32-26-39(34-14-6-10-18-42-34)46(4)40(27-32)38-16-8-12-20-45(38)3/h5-27H,2-4H2,1H3. The van der Waals surface area contributed by atoms with Crippen molar-refractivity contribution in [3.8, 4) is 67.8 Å². The van der Waals surface area contributed by atoms with Gasteiger partial charge in [-0.25, -0.2) is 0 Å². The largest absolute Gasteiger partial charge is 0.339 e. The van der Waals surface area contributed by atoms with Gasteiger partial charge in [0.15, 0.2) is 0 Å². The number of nitrogens with zero attached hydrogens (tertiary/aromatic N) is 6. The Balaban J connectivity index is 1.44. The molecule has 0 radical (unpaired) electrons. The molecular weight excluding hydrogens is 564 g/mol. The highest BCUT2D eigenvalue weighted by atomic mass is 15.0. The van der Waals surface area contributed by atoms with Crippen LogP contribution in [0.15, 0.2) is 140 Å². The number of aryl methyl sites for hydroxylation is 1. The maximum Gasteiger partial charge on any atom is 0.130 e. The van der Waals surface area contributed by atoms with Crippen LogP contribution in [0.4, 0.5) is 0 Å². The molecule has 6 heteroatoms. The Kier molecular flexibility index (Phi) is 7.45. The van der Waals surface area contributed by atoms with E-state index in [4.69, 9.17) is 4.98 Å². The fourth-order valence-electron chi connectivity index (χ4n) is 5.74. The first-order chi connectivity index (χ1) is 22.4. The highest BCUT2D eigenvalue weighted by molar-refractivity contribution is 5.80. The fourth-order valence-corrected chi connectivity index (χ4v) is 5.74. The van der Waals surface area contributed by atoms with Gasteiger partial charge in [0.25, 0.3) is 0 Å². The van der Waals surface area contributed by atoms with E-state index in [0.717, 1.165) is 73.4 Å². The van der Waals surface area contributed by atoms with Crippen LogP contribution in [0.3, 0.4) is 0 Å². The van der Waals surface area contributed by atoms with Crippen LogP contribution >= 0.6 is 0 Å². The molecule has 0 saturated carbocycles. The van der Waals surface area contributed by atoms with Gasteiger partial charge in [-0.05, 0) is 95.4 Å². The predicted octanol–water partition coefficient (Wildman–Crippen LogP) is 6.96. The van der Waals surface area contributed by atoms with Crippen molar-refractivity contribution < 1.29 is 13.7 Å². The summed E-state index contributed by atoms with van der Waals surface area (Å²) in [6.07, 6.45) is 7.47. The zero-order valence-corrected chi connectivity index (χ0v) is 25.6. The molecule has 1 aromatic carbocycles. The van der Waals surface area contributed by atoms with Crippen molar-refractivity contribution in [1.29, 1.82) is 0 Å². The van der Waals surface area contributed by atoms with E-state index in [2.05, 4.69) is 80.5 Å². The van der Waals surface area contributed by atoms with Crippen LogP contribution in [0.1, 0.15) is 5.56 Å². The summed E-state index contributed by atoms with van der Waals surface area (Å²) in [7, 11) is 12.8. The van der Waals surface area contributed by atoms with Crippen molar-refractivity contribution in [3.63, 3.8) is 0 Å². The molecule has 6 aromatic heterocycles. The number of benzene rings is 1. The number of rotatable bonds is 6. The second-order valence-electron chi connectivity index (χ2n) is 11.2. The average molecular weight is 597 g/mol. The van der Waals surface area contributed by atoms with Crippen molar-refractivity contribution >= 4 is 0 Å². The quantitative estimate of drug-likeness (QED) is 0.154. The van der Waals surface area contributed by atoms with Gasteiger partial charge in [0.2, 0.25) is 0 Å². The normalized spacial score (nSPS) is 11.0. The molecule has 7 rings (SSSR count). The van der Waals surface area contributed by atoms with Crippen LogP contribution in [0.2, 0.25) is 0 Å². The molecule has 0 amide bonds. The van der Waals surface area contributed by atoms with Gasteiger partial charge in [-0.1, -0.05) is 54.6 Å². The molecule has 222 valence electrons. The average Bonchev–Trinajstić information content (AvgIpc) is 3.09. The molecule has 0 aliphatic heterocycles. The van der Waals surface area contributed by atoms with Crippen LogP contribution in [0.25, 0.3) is 67.8 Å². The summed E-state index contributed by atoms with van der Waals surface area (Å²) < 4.78 is 5.63. The summed E-state index contributed by atoms with van der Waals surface area (Å²) in [6.45, 7) is 2.13. The van der Waals surface area contributed by atoms with E-state index < -0.39 is 0 Å². The van der Waals surface area contributed by atoms with E-state index in [1.54, 1.807) is 12.4 Å². The van der Waals surface area contributed by atoms with E-state index in [1.807, 2.05) is 98.9 Å². The van der Waals surface area contributed by atoms with E-state index in [-0.39, 0.29) is 0 Å². The Morgan fingerprint density at radius 3 is 1.63 bits per heavy atom. The van der Waals surface area contributed by atoms with Gasteiger partial charge in [-0.3, -0.25) is 15.0 Å². The van der Waals surface area contributed by atoms with Gasteiger partial charge >= 0.3 is 0 Å². The molecule has 7 aromatic rings. The number of aromatic nitrogens is 6. The molecule has 6 heterocycles. The minimum absolute atomic E-state index is 0.793. The van der Waals surface area contributed by atoms with Crippen LogP contribution in [0.5, 0.6) is 0 Å². The molecule has 0 aliphatic carbocycles. The molecule has 0 bridgehead atoms. The predicted molar refractivity (Wildman–Crippen MR) is 180 cm³/mol. The monoisotopic (exact) mass is 596 g/mol. The summed E-state index contributed by atoms with van der Waals surface area (Å²) in [6, 6.07) is 39.0. The molecule has 0 saturated heterocycles. The van der Waals surface area contributed by atoms with Crippen molar-refractivity contribution in [3.05, 3.63) is 167 Å². The lowest BCUT2D eigenvalue weighted by Crippen LogP contribution is -2.38. The Hall–Kier alpha value is -6.27. The first kappa shape index (κ1) is 28.5. The smallest absolute Gasteiger partial charge is 0.130 e. The minimum Gasteiger partial charge on any atom is -0.339 e. The van der Waals surface area contributed by atoms with Crippen LogP contribution < -0.4 is 13.7 Å². The first-order valence-electron chi connectivity index (χ1n) is 15.0. The lowest BCUT2D eigenvalue weighted by atomic mass is 9.94. The molecule has 0 aliphatic rings. The van der Waals surface area contributed by atoms with Crippen LogP contribution in [-0.4, -0.2) is 15.0 Å². The van der Waals surface area contributed by atoms with E-state index in [9.17, 15) is 0 Å². The molecule has 46 heavy (non-hydrogen) atoms. The van der Waals surface area contributed by atoms with Crippen LogP contribution in [0, 0.1) is 28.1 Å². The first-order valence-corrected chi connectivity index (χ1v) is 15.0. The SMILES string of the molecule is [CH2-][n+]1ccccc1-c1cc(-c2cc(C)cc(-c3cc(-c4ccccn4)[n+]([CH2-])c(-c4cccc[n+]4[CH2-])c3)c2)cc(-c2ccccn2)n1. The zero-order chi connectivity index (χ0) is 31.6. The fraction of sp³-hybridized carbons (Fsp3) is 0.0250. The second kappa shape index (κ2) is 12.0. The lowest BCUT2D eigenvalue weighted by molar-refractivity contribution is -0.627. The Bertz CT molecular complexity index is 2190. The highest BCUT2D eigenvalue weighted by Crippen LogP contribution is 2.34. The van der Waals surface area contributed by atoms with Crippen molar-refractivity contribution in [2.24, 2.45) is 0 Å². The third kappa shape index (κ3) is 5.55. The van der Waals surface area contributed by atoms with Crippen molar-refractivity contribution in [2.45, 2.75) is 6.92 Å². The number of pyridine rings is 6. The van der Waals surface area contributed by atoms with Gasteiger partial charge in [0.1, 0.15) is 22.8 Å². The molecule has 0 spiro atoms. The van der Waals surface area contributed by atoms with Gasteiger partial charge in [0, 0.05) is 33.5 Å². The van der Waals surface area contributed by atoms with Gasteiger partial charge < -0.3 is 13.7 Å². The molecular formula is C40H32N6. The van der Waals surface area contributed by atoms with Gasteiger partial charge in [-0.2, -0.15) is 0 Å². The number of hydrogen-bond donors (Lipinski definition) is 0. The van der Waals surface area contributed by atoms with Crippen LogP contribution in [-0.2, 0) is 0 Å². The Labute approximate surface area is 269 Å². The van der Waals surface area contributed by atoms with E-state index in [1.165, 1.54) is 0 Å². The van der Waals surface area contributed by atoms with Gasteiger partial charge in [0.05, 0.1) is 35.2 Å². The number of hydrogen-bond acceptors (Lipinski definition) is 3. The Morgan fingerprint density at radius 2 is 1.00 bits per heavy atom. The van der Waals surface area contributed by atoms with E-state index in [0.29, 0.717) is 0 Å². The highest BCUT2D eigenvalue weighted by Gasteiger charge is 2.17. The molecule has 6 nitrogen and oxygen atoms in total. The third-order valence-electron chi connectivity index (χ3n) is 8.00. The maximum atomic E-state index is 5.02. The van der Waals surface area contributed by atoms with E-state index >= 15 is 0 Å². The second-order valence-corrected chi connectivity index (χ2v) is 11.2. The minimum atomic E-state index is 0.793. The summed E-state index contributed by atoms with van der Waals surface area (Å²) in [4.78, 5) is 14.3. The lowest BCUT2D eigenvalue weighted by Gasteiger charge is -2.18.